The Labute approximate surface area is 85.8 Å². The molecule has 5 nitrogen and oxygen atoms in total. The third-order valence-electron chi connectivity index (χ3n) is 1.91. The highest BCUT2D eigenvalue weighted by molar-refractivity contribution is 7.71. The van der Waals surface area contributed by atoms with Crippen LogP contribution in [0.4, 0.5) is 0 Å². The Bertz CT molecular complexity index is 495. The fraction of sp³-hybridized carbons (Fsp3) is 0.375. The second-order valence-electron chi connectivity index (χ2n) is 2.93. The maximum absolute atomic E-state index is 5.22. The van der Waals surface area contributed by atoms with Crippen molar-refractivity contribution >= 4 is 12.2 Å². The Balaban J connectivity index is 2.55. The number of hydrogen-bond acceptors (Lipinski definition) is 4. The molecule has 2 aromatic heterocycles. The third-order valence-corrected chi connectivity index (χ3v) is 2.08. The molecule has 0 aliphatic carbocycles. The summed E-state index contributed by atoms with van der Waals surface area (Å²) in [6, 6.07) is 0. The predicted octanol–water partition coefficient (Wildman–Crippen LogP) is 1.70. The molecule has 0 fully saturated rings. The van der Waals surface area contributed by atoms with Crippen LogP contribution in [0.15, 0.2) is 10.6 Å². The van der Waals surface area contributed by atoms with E-state index in [9.17, 15) is 0 Å². The van der Waals surface area contributed by atoms with Gasteiger partial charge in [-0.2, -0.15) is 5.10 Å². The van der Waals surface area contributed by atoms with Crippen LogP contribution in [0.5, 0.6) is 0 Å². The van der Waals surface area contributed by atoms with Crippen LogP contribution < -0.4 is 0 Å². The highest BCUT2D eigenvalue weighted by Gasteiger charge is 2.12. The van der Waals surface area contributed by atoms with Gasteiger partial charge < -0.3 is 4.42 Å². The van der Waals surface area contributed by atoms with E-state index < -0.39 is 0 Å². The summed E-state index contributed by atoms with van der Waals surface area (Å²) in [6.45, 7) is 2.03. The van der Waals surface area contributed by atoms with Gasteiger partial charge in [-0.15, -0.1) is 5.10 Å². The first-order valence-electron chi connectivity index (χ1n) is 4.29. The zero-order chi connectivity index (χ0) is 10.1. The molecule has 1 N–H and O–H groups in total. The van der Waals surface area contributed by atoms with Crippen molar-refractivity contribution < 1.29 is 4.42 Å². The Morgan fingerprint density at radius 2 is 2.43 bits per heavy atom. The van der Waals surface area contributed by atoms with Crippen LogP contribution in [0.2, 0.25) is 0 Å². The van der Waals surface area contributed by atoms with Crippen molar-refractivity contribution in [2.24, 2.45) is 7.05 Å². The molecule has 0 unspecified atom stereocenters. The van der Waals surface area contributed by atoms with Crippen LogP contribution in [-0.4, -0.2) is 20.0 Å². The van der Waals surface area contributed by atoms with Crippen LogP contribution in [0, 0.1) is 4.84 Å². The summed E-state index contributed by atoms with van der Waals surface area (Å²) in [4.78, 5) is 0.283. The molecule has 14 heavy (non-hydrogen) atoms. The van der Waals surface area contributed by atoms with Gasteiger partial charge in [0.25, 0.3) is 4.84 Å². The minimum absolute atomic E-state index is 0.283. The SMILES string of the molecule is CCc1nn(C)cc1-c1n[nH]c(=S)o1. The summed E-state index contributed by atoms with van der Waals surface area (Å²) in [6.07, 6.45) is 2.71. The first-order chi connectivity index (χ1) is 6.70. The predicted molar refractivity (Wildman–Crippen MR) is 53.3 cm³/mol. The molecule has 0 aliphatic rings. The van der Waals surface area contributed by atoms with Crippen molar-refractivity contribution in [1.29, 1.82) is 0 Å². The van der Waals surface area contributed by atoms with Crippen LogP contribution in [-0.2, 0) is 13.5 Å². The van der Waals surface area contributed by atoms with Crippen molar-refractivity contribution in [3.05, 3.63) is 16.7 Å². The fourth-order valence-electron chi connectivity index (χ4n) is 1.32. The minimum atomic E-state index is 0.283. The number of H-pyrrole nitrogens is 1. The molecule has 0 saturated carbocycles. The van der Waals surface area contributed by atoms with Gasteiger partial charge in [0.05, 0.1) is 11.3 Å². The lowest BCUT2D eigenvalue weighted by Gasteiger charge is -1.90. The number of nitrogens with zero attached hydrogens (tertiary/aromatic N) is 3. The second kappa shape index (κ2) is 3.38. The molecule has 2 aromatic rings. The Kier molecular flexibility index (Phi) is 2.20. The molecule has 0 radical (unpaired) electrons. The average molecular weight is 210 g/mol. The molecule has 74 valence electrons. The van der Waals surface area contributed by atoms with E-state index in [-0.39, 0.29) is 4.84 Å². The largest absolute Gasteiger partial charge is 0.409 e. The van der Waals surface area contributed by atoms with Gasteiger partial charge in [-0.25, -0.2) is 5.10 Å². The first-order valence-corrected chi connectivity index (χ1v) is 4.70. The second-order valence-corrected chi connectivity index (χ2v) is 3.31. The van der Waals surface area contributed by atoms with E-state index in [0.29, 0.717) is 5.89 Å². The zero-order valence-corrected chi connectivity index (χ0v) is 8.76. The Morgan fingerprint density at radius 3 is 3.00 bits per heavy atom. The van der Waals surface area contributed by atoms with E-state index >= 15 is 0 Å². The molecule has 2 rings (SSSR count). The molecule has 6 heteroatoms. The van der Waals surface area contributed by atoms with Crippen LogP contribution in [0.3, 0.4) is 0 Å². The summed E-state index contributed by atoms with van der Waals surface area (Å²) < 4.78 is 6.96. The van der Waals surface area contributed by atoms with Crippen molar-refractivity contribution in [3.63, 3.8) is 0 Å². The van der Waals surface area contributed by atoms with Crippen molar-refractivity contribution in [3.8, 4) is 11.5 Å². The molecular weight excluding hydrogens is 200 g/mol. The van der Waals surface area contributed by atoms with Gasteiger partial charge in [-0.05, 0) is 18.6 Å². The lowest BCUT2D eigenvalue weighted by atomic mass is 10.2. The van der Waals surface area contributed by atoms with Crippen LogP contribution >= 0.6 is 12.2 Å². The topological polar surface area (TPSA) is 59.6 Å². The van der Waals surface area contributed by atoms with Crippen molar-refractivity contribution in [2.45, 2.75) is 13.3 Å². The monoisotopic (exact) mass is 210 g/mol. The molecule has 0 aromatic carbocycles. The molecular formula is C8H10N4OS. The van der Waals surface area contributed by atoms with Gasteiger partial charge in [0.2, 0.25) is 5.89 Å². The summed E-state index contributed by atoms with van der Waals surface area (Å²) in [7, 11) is 1.87. The molecule has 0 saturated heterocycles. The Morgan fingerprint density at radius 1 is 1.64 bits per heavy atom. The van der Waals surface area contributed by atoms with Crippen molar-refractivity contribution in [1.82, 2.24) is 20.0 Å². The number of aromatic amines is 1. The zero-order valence-electron chi connectivity index (χ0n) is 7.94. The summed E-state index contributed by atoms with van der Waals surface area (Å²) in [5, 5.41) is 10.8. The molecule has 2 heterocycles. The minimum Gasteiger partial charge on any atom is -0.409 e. The fourth-order valence-corrected chi connectivity index (χ4v) is 1.44. The lowest BCUT2D eigenvalue weighted by Crippen LogP contribution is -1.89. The van der Waals surface area contributed by atoms with E-state index in [4.69, 9.17) is 16.6 Å². The number of rotatable bonds is 2. The Hall–Kier alpha value is -1.43. The maximum Gasteiger partial charge on any atom is 0.284 e. The van der Waals surface area contributed by atoms with E-state index in [1.54, 1.807) is 4.68 Å². The third kappa shape index (κ3) is 1.48. The van der Waals surface area contributed by atoms with Gasteiger partial charge in [-0.3, -0.25) is 4.68 Å². The smallest absolute Gasteiger partial charge is 0.284 e. The van der Waals surface area contributed by atoms with Crippen molar-refractivity contribution in [2.75, 3.05) is 0 Å². The van der Waals surface area contributed by atoms with Crippen LogP contribution in [0.25, 0.3) is 11.5 Å². The molecule has 0 atom stereocenters. The molecule has 0 amide bonds. The van der Waals surface area contributed by atoms with Gasteiger partial charge in [0, 0.05) is 13.2 Å². The number of nitrogens with one attached hydrogen (secondary N) is 1. The standard InChI is InChI=1S/C8H10N4OS/c1-3-6-5(4-12(2)11-6)7-9-10-8(14)13-7/h4H,3H2,1-2H3,(H,10,14). The maximum atomic E-state index is 5.22. The number of aryl methyl sites for hydroxylation is 2. The molecule has 0 spiro atoms. The summed E-state index contributed by atoms with van der Waals surface area (Å²) in [5.74, 6) is 0.500. The van der Waals surface area contributed by atoms with Crippen LogP contribution in [0.1, 0.15) is 12.6 Å². The van der Waals surface area contributed by atoms with Gasteiger partial charge in [-0.1, -0.05) is 6.92 Å². The molecule has 0 aliphatic heterocycles. The summed E-state index contributed by atoms with van der Waals surface area (Å²) in [5.41, 5.74) is 1.85. The number of aromatic nitrogens is 4. The van der Waals surface area contributed by atoms with Gasteiger partial charge >= 0.3 is 0 Å². The van der Waals surface area contributed by atoms with E-state index in [2.05, 4.69) is 15.3 Å². The van der Waals surface area contributed by atoms with Gasteiger partial charge in [0.1, 0.15) is 0 Å². The lowest BCUT2D eigenvalue weighted by molar-refractivity contribution is 0.551. The van der Waals surface area contributed by atoms with E-state index in [0.717, 1.165) is 17.7 Å². The highest BCUT2D eigenvalue weighted by Crippen LogP contribution is 2.20. The van der Waals surface area contributed by atoms with Gasteiger partial charge in [0.15, 0.2) is 0 Å². The molecule has 0 bridgehead atoms. The normalized spacial score (nSPS) is 10.7. The average Bonchev–Trinajstić information content (AvgIpc) is 2.71. The summed E-state index contributed by atoms with van der Waals surface area (Å²) >= 11 is 4.81. The number of hydrogen-bond donors (Lipinski definition) is 1. The van der Waals surface area contributed by atoms with E-state index in [1.807, 2.05) is 20.2 Å². The highest BCUT2D eigenvalue weighted by atomic mass is 32.1. The van der Waals surface area contributed by atoms with E-state index in [1.165, 1.54) is 0 Å². The first kappa shape index (κ1) is 9.14. The quantitative estimate of drug-likeness (QED) is 0.766.